The number of sulfonamides is 1. The first kappa shape index (κ1) is 16.4. The van der Waals surface area contributed by atoms with Crippen molar-refractivity contribution in [3.8, 4) is 0 Å². The number of hydrogen-bond donors (Lipinski definition) is 1. The van der Waals surface area contributed by atoms with Crippen LogP contribution in [0.5, 0.6) is 0 Å². The van der Waals surface area contributed by atoms with Crippen LogP contribution in [0.4, 0.5) is 5.69 Å². The van der Waals surface area contributed by atoms with Crippen molar-refractivity contribution in [2.75, 3.05) is 24.6 Å². The minimum Gasteiger partial charge on any atom is -0.377 e. The molecule has 1 aromatic carbocycles. The number of hydrogen-bond acceptors (Lipinski definition) is 4. The molecule has 0 saturated carbocycles. The SMILES string of the molecule is CC(=O)N1CCc2cc(S(=O)(=O)NC[C@H]3CCCCO3)ccc21. The molecule has 2 heterocycles. The largest absolute Gasteiger partial charge is 0.377 e. The van der Waals surface area contributed by atoms with Crippen LogP contribution in [0.2, 0.25) is 0 Å². The molecule has 6 nitrogen and oxygen atoms in total. The third kappa shape index (κ3) is 3.57. The Morgan fingerprint density at radius 2 is 2.22 bits per heavy atom. The highest BCUT2D eigenvalue weighted by Crippen LogP contribution is 2.30. The van der Waals surface area contributed by atoms with Crippen molar-refractivity contribution in [1.82, 2.24) is 4.72 Å². The van der Waals surface area contributed by atoms with E-state index in [-0.39, 0.29) is 16.9 Å². The lowest BCUT2D eigenvalue weighted by molar-refractivity contribution is -0.116. The van der Waals surface area contributed by atoms with Crippen molar-refractivity contribution in [3.63, 3.8) is 0 Å². The van der Waals surface area contributed by atoms with Gasteiger partial charge in [0.05, 0.1) is 11.0 Å². The predicted molar refractivity (Wildman–Crippen MR) is 87.0 cm³/mol. The fourth-order valence-electron chi connectivity index (χ4n) is 3.13. The van der Waals surface area contributed by atoms with Crippen LogP contribution in [0.1, 0.15) is 31.7 Å². The normalized spacial score (nSPS) is 21.3. The van der Waals surface area contributed by atoms with Crippen LogP contribution in [0.15, 0.2) is 23.1 Å². The van der Waals surface area contributed by atoms with Gasteiger partial charge < -0.3 is 9.64 Å². The smallest absolute Gasteiger partial charge is 0.240 e. The van der Waals surface area contributed by atoms with Crippen LogP contribution in [-0.4, -0.2) is 40.1 Å². The maximum Gasteiger partial charge on any atom is 0.240 e. The molecule has 1 saturated heterocycles. The van der Waals surface area contributed by atoms with Gasteiger partial charge in [0.15, 0.2) is 0 Å². The first-order chi connectivity index (χ1) is 11.0. The standard InChI is InChI=1S/C16H22N2O4S/c1-12(19)18-8-7-13-10-15(5-6-16(13)18)23(20,21)17-11-14-4-2-3-9-22-14/h5-6,10,14,17H,2-4,7-9,11H2,1H3/t14-/m1/s1. The lowest BCUT2D eigenvalue weighted by Gasteiger charge is -2.22. The zero-order valence-electron chi connectivity index (χ0n) is 13.2. The van der Waals surface area contributed by atoms with E-state index < -0.39 is 10.0 Å². The van der Waals surface area contributed by atoms with Crippen molar-refractivity contribution in [3.05, 3.63) is 23.8 Å². The number of nitrogens with zero attached hydrogens (tertiary/aromatic N) is 1. The second kappa shape index (κ2) is 6.59. The van der Waals surface area contributed by atoms with Crippen LogP contribution in [0.3, 0.4) is 0 Å². The molecule has 0 radical (unpaired) electrons. The van der Waals surface area contributed by atoms with Gasteiger partial charge in [-0.3, -0.25) is 4.79 Å². The lowest BCUT2D eigenvalue weighted by Crippen LogP contribution is -2.35. The van der Waals surface area contributed by atoms with Gasteiger partial charge in [0.1, 0.15) is 0 Å². The van der Waals surface area contributed by atoms with Crippen LogP contribution in [0.25, 0.3) is 0 Å². The zero-order valence-corrected chi connectivity index (χ0v) is 14.1. The molecule has 1 amide bonds. The van der Waals surface area contributed by atoms with Gasteiger partial charge in [0.2, 0.25) is 15.9 Å². The second-order valence-corrected chi connectivity index (χ2v) is 7.82. The molecular formula is C16H22N2O4S. The number of benzene rings is 1. The molecule has 1 N–H and O–H groups in total. The van der Waals surface area contributed by atoms with E-state index in [1.807, 2.05) is 0 Å². The summed E-state index contributed by atoms with van der Waals surface area (Å²) >= 11 is 0. The molecule has 2 aliphatic heterocycles. The Morgan fingerprint density at radius 3 is 2.91 bits per heavy atom. The Balaban J connectivity index is 1.72. The monoisotopic (exact) mass is 338 g/mol. The number of rotatable bonds is 4. The van der Waals surface area contributed by atoms with Gasteiger partial charge in [-0.05, 0) is 49.4 Å². The Kier molecular flexibility index (Phi) is 4.70. The summed E-state index contributed by atoms with van der Waals surface area (Å²) in [6.07, 6.45) is 3.65. The molecule has 23 heavy (non-hydrogen) atoms. The number of nitrogens with one attached hydrogen (secondary N) is 1. The summed E-state index contributed by atoms with van der Waals surface area (Å²) in [7, 11) is -3.55. The molecule has 1 fully saturated rings. The average molecular weight is 338 g/mol. The average Bonchev–Trinajstić information content (AvgIpc) is 2.97. The molecule has 0 aliphatic carbocycles. The van der Waals surface area contributed by atoms with Gasteiger partial charge in [-0.15, -0.1) is 0 Å². The van der Waals surface area contributed by atoms with Gasteiger partial charge in [-0.1, -0.05) is 0 Å². The van der Waals surface area contributed by atoms with Gasteiger partial charge >= 0.3 is 0 Å². The number of anilines is 1. The van der Waals surface area contributed by atoms with Gasteiger partial charge in [0.25, 0.3) is 0 Å². The van der Waals surface area contributed by atoms with Crippen molar-refractivity contribution < 1.29 is 17.9 Å². The zero-order chi connectivity index (χ0) is 16.4. The molecular weight excluding hydrogens is 316 g/mol. The molecule has 1 atom stereocenters. The van der Waals surface area contributed by atoms with E-state index in [1.165, 1.54) is 6.92 Å². The summed E-state index contributed by atoms with van der Waals surface area (Å²) in [6, 6.07) is 4.95. The van der Waals surface area contributed by atoms with E-state index in [9.17, 15) is 13.2 Å². The van der Waals surface area contributed by atoms with Gasteiger partial charge in [0, 0.05) is 32.3 Å². The molecule has 2 aliphatic rings. The van der Waals surface area contributed by atoms with E-state index in [4.69, 9.17) is 4.74 Å². The number of ether oxygens (including phenoxy) is 1. The first-order valence-electron chi connectivity index (χ1n) is 8.00. The van der Waals surface area contributed by atoms with Crippen molar-refractivity contribution in [2.45, 2.75) is 43.6 Å². The molecule has 1 aromatic rings. The van der Waals surface area contributed by atoms with E-state index >= 15 is 0 Å². The summed E-state index contributed by atoms with van der Waals surface area (Å²) in [5.41, 5.74) is 1.71. The number of carbonyl (C=O) groups is 1. The molecule has 0 spiro atoms. The number of amides is 1. The highest BCUT2D eigenvalue weighted by atomic mass is 32.2. The summed E-state index contributed by atoms with van der Waals surface area (Å²) < 4.78 is 33.1. The Bertz CT molecular complexity index is 696. The maximum absolute atomic E-state index is 12.4. The summed E-state index contributed by atoms with van der Waals surface area (Å²) in [6.45, 7) is 3.13. The Labute approximate surface area is 136 Å². The highest BCUT2D eigenvalue weighted by molar-refractivity contribution is 7.89. The number of fused-ring (bicyclic) bond motifs is 1. The fraction of sp³-hybridized carbons (Fsp3) is 0.562. The fourth-order valence-corrected chi connectivity index (χ4v) is 4.24. The minimum atomic E-state index is -3.55. The summed E-state index contributed by atoms with van der Waals surface area (Å²) in [5.74, 6) is -0.0214. The van der Waals surface area contributed by atoms with Crippen LogP contribution in [-0.2, 0) is 26.0 Å². The Hall–Kier alpha value is -1.44. The second-order valence-electron chi connectivity index (χ2n) is 6.05. The molecule has 0 bridgehead atoms. The van der Waals surface area contributed by atoms with Crippen molar-refractivity contribution in [2.24, 2.45) is 0 Å². The van der Waals surface area contributed by atoms with Crippen molar-refractivity contribution in [1.29, 1.82) is 0 Å². The molecule has 3 rings (SSSR count). The van der Waals surface area contributed by atoms with Crippen LogP contribution < -0.4 is 9.62 Å². The van der Waals surface area contributed by atoms with Crippen molar-refractivity contribution >= 4 is 21.6 Å². The van der Waals surface area contributed by atoms with E-state index in [0.29, 0.717) is 26.1 Å². The molecule has 0 aromatic heterocycles. The van der Waals surface area contributed by atoms with Gasteiger partial charge in [-0.25, -0.2) is 13.1 Å². The van der Waals surface area contributed by atoms with Crippen LogP contribution >= 0.6 is 0 Å². The minimum absolute atomic E-state index is 0.0214. The summed E-state index contributed by atoms with van der Waals surface area (Å²) in [5, 5.41) is 0. The lowest BCUT2D eigenvalue weighted by atomic mass is 10.1. The molecule has 126 valence electrons. The van der Waals surface area contributed by atoms with Gasteiger partial charge in [-0.2, -0.15) is 0 Å². The number of carbonyl (C=O) groups excluding carboxylic acids is 1. The first-order valence-corrected chi connectivity index (χ1v) is 9.48. The maximum atomic E-state index is 12.4. The highest BCUT2D eigenvalue weighted by Gasteiger charge is 2.25. The van der Waals surface area contributed by atoms with E-state index in [0.717, 1.165) is 30.5 Å². The third-order valence-corrected chi connectivity index (χ3v) is 5.83. The quantitative estimate of drug-likeness (QED) is 0.901. The summed E-state index contributed by atoms with van der Waals surface area (Å²) in [4.78, 5) is 13.5. The Morgan fingerprint density at radius 1 is 1.39 bits per heavy atom. The molecule has 7 heteroatoms. The van der Waals surface area contributed by atoms with E-state index in [1.54, 1.807) is 23.1 Å². The van der Waals surface area contributed by atoms with Crippen LogP contribution in [0, 0.1) is 0 Å². The topological polar surface area (TPSA) is 75.7 Å². The predicted octanol–water partition coefficient (Wildman–Crippen LogP) is 1.44. The molecule has 0 unspecified atom stereocenters. The van der Waals surface area contributed by atoms with E-state index in [2.05, 4.69) is 4.72 Å². The third-order valence-electron chi connectivity index (χ3n) is 4.41.